The van der Waals surface area contributed by atoms with Crippen LogP contribution >= 0.6 is 0 Å². The summed E-state index contributed by atoms with van der Waals surface area (Å²) < 4.78 is 1.84. The molecule has 6 rings (SSSR count). The summed E-state index contributed by atoms with van der Waals surface area (Å²) in [5.41, 5.74) is 1.54. The van der Waals surface area contributed by atoms with Crippen molar-refractivity contribution in [1.29, 1.82) is 0 Å². The topological polar surface area (TPSA) is 59.3 Å². The van der Waals surface area contributed by atoms with E-state index in [0.717, 1.165) is 48.4 Å². The lowest BCUT2D eigenvalue weighted by molar-refractivity contribution is -0.140. The van der Waals surface area contributed by atoms with Crippen molar-refractivity contribution in [2.24, 2.45) is 23.2 Å². The number of fused-ring (bicyclic) bond motifs is 1. The smallest absolute Gasteiger partial charge is 0.230 e. The predicted molar refractivity (Wildman–Crippen MR) is 82.2 cm³/mol. The number of carbonyl (C=O) groups is 1. The summed E-state index contributed by atoms with van der Waals surface area (Å²) >= 11 is 0. The zero-order valence-electron chi connectivity index (χ0n) is 12.5. The van der Waals surface area contributed by atoms with Gasteiger partial charge in [0, 0.05) is 6.20 Å². The number of hydrogen-bond acceptors (Lipinski definition) is 3. The molecule has 0 aromatic carbocycles. The third-order valence-corrected chi connectivity index (χ3v) is 6.07. The maximum atomic E-state index is 13.0. The second-order valence-electron chi connectivity index (χ2n) is 7.67. The first kappa shape index (κ1) is 12.6. The summed E-state index contributed by atoms with van der Waals surface area (Å²) in [5.74, 6) is 2.60. The minimum absolute atomic E-state index is 0.100. The molecule has 1 N–H and O–H groups in total. The molecule has 0 radical (unpaired) electrons. The summed E-state index contributed by atoms with van der Waals surface area (Å²) in [6.45, 7) is 0. The quantitative estimate of drug-likeness (QED) is 0.927. The third-order valence-electron chi connectivity index (χ3n) is 6.07. The molecule has 1 amide bonds. The molecule has 2 heterocycles. The van der Waals surface area contributed by atoms with Gasteiger partial charge in [0.15, 0.2) is 5.65 Å². The molecule has 22 heavy (non-hydrogen) atoms. The molecule has 2 aromatic rings. The van der Waals surface area contributed by atoms with Gasteiger partial charge in [0.05, 0.1) is 11.1 Å². The highest BCUT2D eigenvalue weighted by Crippen LogP contribution is 2.60. The number of nitrogens with zero attached hydrogens (tertiary/aromatic N) is 3. The van der Waals surface area contributed by atoms with E-state index in [1.807, 2.05) is 22.7 Å². The second-order valence-corrected chi connectivity index (χ2v) is 7.67. The Hall–Kier alpha value is -1.91. The van der Waals surface area contributed by atoms with E-state index in [0.29, 0.717) is 0 Å². The Morgan fingerprint density at radius 2 is 1.82 bits per heavy atom. The fourth-order valence-electron chi connectivity index (χ4n) is 5.55. The minimum atomic E-state index is -0.100. The standard InChI is InChI=1S/C17H20N4O/c22-16(19-14-1-2-15-20-18-10-21(15)9-14)17-6-11-3-12(7-17)5-13(4-11)8-17/h1-2,9-13H,3-8H2,(H,19,22). The average molecular weight is 296 g/mol. The molecule has 114 valence electrons. The molecular weight excluding hydrogens is 276 g/mol. The van der Waals surface area contributed by atoms with Crippen molar-refractivity contribution in [3.63, 3.8) is 0 Å². The first-order chi connectivity index (χ1) is 10.7. The third kappa shape index (κ3) is 1.81. The first-order valence-electron chi connectivity index (χ1n) is 8.31. The van der Waals surface area contributed by atoms with Crippen molar-refractivity contribution < 1.29 is 4.79 Å². The van der Waals surface area contributed by atoms with E-state index >= 15 is 0 Å². The molecule has 4 aliphatic rings. The highest BCUT2D eigenvalue weighted by Gasteiger charge is 2.54. The summed E-state index contributed by atoms with van der Waals surface area (Å²) in [6.07, 6.45) is 10.9. The van der Waals surface area contributed by atoms with Crippen LogP contribution < -0.4 is 5.32 Å². The van der Waals surface area contributed by atoms with Gasteiger partial charge in [-0.2, -0.15) is 0 Å². The summed E-state index contributed by atoms with van der Waals surface area (Å²) in [6, 6.07) is 3.81. The number of aromatic nitrogens is 3. The number of pyridine rings is 1. The number of rotatable bonds is 2. The molecule has 4 fully saturated rings. The van der Waals surface area contributed by atoms with Crippen molar-refractivity contribution >= 4 is 17.2 Å². The number of hydrogen-bond donors (Lipinski definition) is 1. The van der Waals surface area contributed by atoms with Crippen molar-refractivity contribution in [3.8, 4) is 0 Å². The molecule has 5 heteroatoms. The maximum Gasteiger partial charge on any atom is 0.230 e. The van der Waals surface area contributed by atoms with Crippen LogP contribution in [0.1, 0.15) is 38.5 Å². The Bertz CT molecular complexity index is 715. The maximum absolute atomic E-state index is 13.0. The predicted octanol–water partition coefficient (Wildman–Crippen LogP) is 2.88. The van der Waals surface area contributed by atoms with Crippen LogP contribution in [0, 0.1) is 23.2 Å². The summed E-state index contributed by atoms with van der Waals surface area (Å²) in [4.78, 5) is 13.0. The summed E-state index contributed by atoms with van der Waals surface area (Å²) in [7, 11) is 0. The van der Waals surface area contributed by atoms with Crippen LogP contribution in [-0.4, -0.2) is 20.5 Å². The van der Waals surface area contributed by atoms with Crippen LogP contribution in [0.25, 0.3) is 5.65 Å². The van der Waals surface area contributed by atoms with E-state index in [-0.39, 0.29) is 11.3 Å². The largest absolute Gasteiger partial charge is 0.324 e. The average Bonchev–Trinajstić information content (AvgIpc) is 2.93. The van der Waals surface area contributed by atoms with Crippen LogP contribution in [-0.2, 0) is 4.79 Å². The monoisotopic (exact) mass is 296 g/mol. The van der Waals surface area contributed by atoms with E-state index in [4.69, 9.17) is 0 Å². The van der Waals surface area contributed by atoms with Gasteiger partial charge in [-0.25, -0.2) is 0 Å². The van der Waals surface area contributed by atoms with Gasteiger partial charge < -0.3 is 5.32 Å². The Kier molecular flexibility index (Phi) is 2.47. The molecule has 4 aliphatic carbocycles. The molecule has 0 unspecified atom stereocenters. The Morgan fingerprint density at radius 1 is 1.14 bits per heavy atom. The van der Waals surface area contributed by atoms with Gasteiger partial charge in [0.2, 0.25) is 5.91 Å². The number of carbonyl (C=O) groups excluding carboxylic acids is 1. The SMILES string of the molecule is O=C(Nc1ccc2nncn2c1)C12CC3CC(CC(C3)C1)C2. The normalized spacial score (nSPS) is 35.9. The lowest BCUT2D eigenvalue weighted by atomic mass is 9.49. The minimum Gasteiger partial charge on any atom is -0.324 e. The molecule has 0 atom stereocenters. The number of amides is 1. The van der Waals surface area contributed by atoms with Gasteiger partial charge in [-0.15, -0.1) is 10.2 Å². The molecule has 0 saturated heterocycles. The van der Waals surface area contributed by atoms with Gasteiger partial charge in [-0.1, -0.05) is 0 Å². The van der Waals surface area contributed by atoms with Gasteiger partial charge >= 0.3 is 0 Å². The van der Waals surface area contributed by atoms with Crippen LogP contribution in [0.2, 0.25) is 0 Å². The fourth-order valence-corrected chi connectivity index (χ4v) is 5.55. The van der Waals surface area contributed by atoms with Crippen molar-refractivity contribution in [2.45, 2.75) is 38.5 Å². The van der Waals surface area contributed by atoms with E-state index in [1.165, 1.54) is 19.3 Å². The molecule has 5 nitrogen and oxygen atoms in total. The number of nitrogens with one attached hydrogen (secondary N) is 1. The Morgan fingerprint density at radius 3 is 2.50 bits per heavy atom. The zero-order valence-corrected chi connectivity index (χ0v) is 12.5. The van der Waals surface area contributed by atoms with Crippen LogP contribution in [0.3, 0.4) is 0 Å². The molecule has 4 saturated carbocycles. The zero-order chi connectivity index (χ0) is 14.7. The first-order valence-corrected chi connectivity index (χ1v) is 8.31. The van der Waals surface area contributed by atoms with E-state index in [9.17, 15) is 4.79 Å². The van der Waals surface area contributed by atoms with Crippen LogP contribution in [0.5, 0.6) is 0 Å². The van der Waals surface area contributed by atoms with Gasteiger partial charge in [0.1, 0.15) is 6.33 Å². The van der Waals surface area contributed by atoms with Crippen LogP contribution in [0.15, 0.2) is 24.7 Å². The van der Waals surface area contributed by atoms with Crippen molar-refractivity contribution in [2.75, 3.05) is 5.32 Å². The fraction of sp³-hybridized carbons (Fsp3) is 0.588. The van der Waals surface area contributed by atoms with Crippen LogP contribution in [0.4, 0.5) is 5.69 Å². The van der Waals surface area contributed by atoms with E-state index in [2.05, 4.69) is 15.5 Å². The van der Waals surface area contributed by atoms with Gasteiger partial charge in [0.25, 0.3) is 0 Å². The highest BCUT2D eigenvalue weighted by molar-refractivity contribution is 5.95. The van der Waals surface area contributed by atoms with E-state index < -0.39 is 0 Å². The highest BCUT2D eigenvalue weighted by atomic mass is 16.2. The van der Waals surface area contributed by atoms with Gasteiger partial charge in [-0.3, -0.25) is 9.20 Å². The Balaban J connectivity index is 1.42. The second kappa shape index (κ2) is 4.31. The van der Waals surface area contributed by atoms with Gasteiger partial charge in [-0.05, 0) is 68.4 Å². The Labute approximate surface area is 129 Å². The molecule has 2 aromatic heterocycles. The van der Waals surface area contributed by atoms with E-state index in [1.54, 1.807) is 6.33 Å². The molecule has 0 spiro atoms. The molecule has 0 aliphatic heterocycles. The molecule has 4 bridgehead atoms. The van der Waals surface area contributed by atoms with Crippen molar-refractivity contribution in [3.05, 3.63) is 24.7 Å². The lowest BCUT2D eigenvalue weighted by Gasteiger charge is -2.55. The molecular formula is C17H20N4O. The summed E-state index contributed by atoms with van der Waals surface area (Å²) in [5, 5.41) is 11.0. The van der Waals surface area contributed by atoms with Crippen molar-refractivity contribution in [1.82, 2.24) is 14.6 Å². The lowest BCUT2D eigenvalue weighted by Crippen LogP contribution is -2.51. The number of anilines is 1.